The smallest absolute Gasteiger partial charge is 0.314 e. The van der Waals surface area contributed by atoms with Gasteiger partial charge in [-0.3, -0.25) is 0 Å². The largest absolute Gasteiger partial charge is 0.417 e. The Labute approximate surface area is 122 Å². The Kier molecular flexibility index (Phi) is 4.32. The molecule has 1 aliphatic rings. The minimum atomic E-state index is -4.70. The summed E-state index contributed by atoms with van der Waals surface area (Å²) in [4.78, 5) is -0.682. The van der Waals surface area contributed by atoms with Crippen LogP contribution >= 0.6 is 0 Å². The van der Waals surface area contributed by atoms with Gasteiger partial charge in [0, 0.05) is 25.2 Å². The lowest BCUT2D eigenvalue weighted by molar-refractivity contribution is -0.139. The van der Waals surface area contributed by atoms with E-state index in [1.54, 1.807) is 13.8 Å². The number of rotatable bonds is 2. The Hall–Kier alpha value is -1.12. The predicted octanol–water partition coefficient (Wildman–Crippen LogP) is 2.08. The van der Waals surface area contributed by atoms with Crippen molar-refractivity contribution in [3.05, 3.63) is 29.8 Å². The van der Waals surface area contributed by atoms with E-state index in [9.17, 15) is 21.6 Å². The molecule has 8 heteroatoms. The first-order valence-electron chi connectivity index (χ1n) is 6.56. The average molecular weight is 322 g/mol. The van der Waals surface area contributed by atoms with E-state index in [4.69, 9.17) is 0 Å². The first-order valence-corrected chi connectivity index (χ1v) is 8.00. The van der Waals surface area contributed by atoms with Gasteiger partial charge in [-0.05, 0) is 26.0 Å². The maximum atomic E-state index is 13.0. The van der Waals surface area contributed by atoms with Gasteiger partial charge in [0.15, 0.2) is 0 Å². The van der Waals surface area contributed by atoms with Crippen LogP contribution in [-0.4, -0.2) is 37.9 Å². The molecule has 1 aromatic carbocycles. The molecule has 1 N–H and O–H groups in total. The molecule has 4 nitrogen and oxygen atoms in total. The van der Waals surface area contributed by atoms with Gasteiger partial charge in [0.2, 0.25) is 10.0 Å². The van der Waals surface area contributed by atoms with Crippen LogP contribution in [0.2, 0.25) is 0 Å². The van der Waals surface area contributed by atoms with Gasteiger partial charge in [-0.1, -0.05) is 12.1 Å². The summed E-state index contributed by atoms with van der Waals surface area (Å²) in [7, 11) is -4.20. The summed E-state index contributed by atoms with van der Waals surface area (Å²) in [5.41, 5.74) is -1.12. The zero-order valence-corrected chi connectivity index (χ0v) is 12.5. The van der Waals surface area contributed by atoms with Crippen LogP contribution in [0.5, 0.6) is 0 Å². The Bertz CT molecular complexity index is 606. The fraction of sp³-hybridized carbons (Fsp3) is 0.538. The van der Waals surface area contributed by atoms with Crippen molar-refractivity contribution in [2.75, 3.05) is 13.1 Å². The van der Waals surface area contributed by atoms with E-state index >= 15 is 0 Å². The molecule has 118 valence electrons. The minimum Gasteiger partial charge on any atom is -0.314 e. The number of hydrogen-bond acceptors (Lipinski definition) is 3. The van der Waals surface area contributed by atoms with Crippen molar-refractivity contribution in [1.29, 1.82) is 0 Å². The number of piperazine rings is 1. The molecular weight excluding hydrogens is 305 g/mol. The van der Waals surface area contributed by atoms with Crippen molar-refractivity contribution in [1.82, 2.24) is 9.62 Å². The first kappa shape index (κ1) is 16.3. The van der Waals surface area contributed by atoms with E-state index < -0.39 is 38.7 Å². The molecule has 0 amide bonds. The highest BCUT2D eigenvalue weighted by molar-refractivity contribution is 7.89. The highest BCUT2D eigenvalue weighted by atomic mass is 32.2. The van der Waals surface area contributed by atoms with Crippen LogP contribution in [0.1, 0.15) is 19.4 Å². The van der Waals surface area contributed by atoms with Gasteiger partial charge in [0.25, 0.3) is 0 Å². The van der Waals surface area contributed by atoms with E-state index in [2.05, 4.69) is 5.32 Å². The Morgan fingerprint density at radius 1 is 1.14 bits per heavy atom. The maximum absolute atomic E-state index is 13.0. The molecule has 0 aliphatic carbocycles. The number of nitrogens with zero attached hydrogens (tertiary/aromatic N) is 1. The molecule has 2 unspecified atom stereocenters. The lowest BCUT2D eigenvalue weighted by Crippen LogP contribution is -2.57. The van der Waals surface area contributed by atoms with Gasteiger partial charge in [-0.15, -0.1) is 0 Å². The topological polar surface area (TPSA) is 49.4 Å². The molecule has 1 aromatic rings. The number of sulfonamides is 1. The van der Waals surface area contributed by atoms with Crippen molar-refractivity contribution in [2.45, 2.75) is 37.0 Å². The van der Waals surface area contributed by atoms with Crippen LogP contribution < -0.4 is 5.32 Å². The summed E-state index contributed by atoms with van der Waals surface area (Å²) in [5.74, 6) is 0. The molecule has 1 fully saturated rings. The van der Waals surface area contributed by atoms with Gasteiger partial charge in [0.05, 0.1) is 10.5 Å². The third-order valence-corrected chi connectivity index (χ3v) is 5.68. The van der Waals surface area contributed by atoms with Gasteiger partial charge < -0.3 is 5.32 Å². The molecular formula is C13H17F3N2O2S. The van der Waals surface area contributed by atoms with E-state index in [0.29, 0.717) is 13.1 Å². The minimum absolute atomic E-state index is 0.403. The highest BCUT2D eigenvalue weighted by Crippen LogP contribution is 2.36. The number of benzene rings is 1. The van der Waals surface area contributed by atoms with Gasteiger partial charge in [-0.25, -0.2) is 8.42 Å². The Morgan fingerprint density at radius 3 is 2.19 bits per heavy atom. The third-order valence-electron chi connectivity index (χ3n) is 3.50. The van der Waals surface area contributed by atoms with Gasteiger partial charge in [0.1, 0.15) is 0 Å². The molecule has 0 bridgehead atoms. The van der Waals surface area contributed by atoms with Crippen molar-refractivity contribution >= 4 is 10.0 Å². The summed E-state index contributed by atoms with van der Waals surface area (Å²) in [6, 6.07) is 3.50. The molecule has 0 spiro atoms. The van der Waals surface area contributed by atoms with Crippen LogP contribution in [0.15, 0.2) is 29.2 Å². The summed E-state index contributed by atoms with van der Waals surface area (Å²) in [6.07, 6.45) is -4.70. The molecule has 21 heavy (non-hydrogen) atoms. The average Bonchev–Trinajstić information content (AvgIpc) is 2.37. The van der Waals surface area contributed by atoms with Gasteiger partial charge in [-0.2, -0.15) is 17.5 Å². The molecule has 0 aromatic heterocycles. The molecule has 0 saturated carbocycles. The molecule has 2 atom stereocenters. The molecule has 2 rings (SSSR count). The molecule has 0 radical (unpaired) electrons. The zero-order valence-electron chi connectivity index (χ0n) is 11.7. The fourth-order valence-electron chi connectivity index (χ4n) is 2.63. The second-order valence-corrected chi connectivity index (χ2v) is 7.00. The normalized spacial score (nSPS) is 25.0. The monoisotopic (exact) mass is 322 g/mol. The first-order chi connectivity index (χ1) is 9.65. The quantitative estimate of drug-likeness (QED) is 0.907. The van der Waals surface area contributed by atoms with Crippen molar-refractivity contribution < 1.29 is 21.6 Å². The fourth-order valence-corrected chi connectivity index (χ4v) is 4.66. The standard InChI is InChI=1S/C13H17F3N2O2S/c1-9-7-17-8-10(2)18(9)21(19,20)12-6-4-3-5-11(12)13(14,15)16/h3-6,9-10,17H,7-8H2,1-2H3. The van der Waals surface area contributed by atoms with E-state index in [-0.39, 0.29) is 0 Å². The van der Waals surface area contributed by atoms with Crippen LogP contribution in [0.4, 0.5) is 13.2 Å². The van der Waals surface area contributed by atoms with Crippen LogP contribution in [-0.2, 0) is 16.2 Å². The van der Waals surface area contributed by atoms with Gasteiger partial charge >= 0.3 is 6.18 Å². The third kappa shape index (κ3) is 3.07. The second-order valence-electron chi connectivity index (χ2n) is 5.19. The van der Waals surface area contributed by atoms with Crippen molar-refractivity contribution in [3.63, 3.8) is 0 Å². The van der Waals surface area contributed by atoms with Crippen molar-refractivity contribution in [3.8, 4) is 0 Å². The molecule has 1 heterocycles. The summed E-state index contributed by atoms with van der Waals surface area (Å²) >= 11 is 0. The number of alkyl halides is 3. The number of hydrogen-bond donors (Lipinski definition) is 1. The summed E-state index contributed by atoms with van der Waals surface area (Å²) < 4.78 is 65.6. The molecule has 1 aliphatic heterocycles. The zero-order chi connectivity index (χ0) is 15.8. The van der Waals surface area contributed by atoms with E-state index in [0.717, 1.165) is 16.4 Å². The van der Waals surface area contributed by atoms with Crippen LogP contribution in [0, 0.1) is 0 Å². The predicted molar refractivity (Wildman–Crippen MR) is 72.3 cm³/mol. The Balaban J connectivity index is 2.55. The maximum Gasteiger partial charge on any atom is 0.417 e. The summed E-state index contributed by atoms with van der Waals surface area (Å²) in [5, 5.41) is 3.05. The summed E-state index contributed by atoms with van der Waals surface area (Å²) in [6.45, 7) is 4.18. The van der Waals surface area contributed by atoms with Crippen LogP contribution in [0.25, 0.3) is 0 Å². The number of nitrogens with one attached hydrogen (secondary N) is 1. The van der Waals surface area contributed by atoms with E-state index in [1.165, 1.54) is 12.1 Å². The highest BCUT2D eigenvalue weighted by Gasteiger charge is 2.42. The second kappa shape index (κ2) is 5.58. The lowest BCUT2D eigenvalue weighted by atomic mass is 10.2. The van der Waals surface area contributed by atoms with E-state index in [1.807, 2.05) is 0 Å². The Morgan fingerprint density at radius 2 is 1.67 bits per heavy atom. The molecule has 1 saturated heterocycles. The SMILES string of the molecule is CC1CNCC(C)N1S(=O)(=O)c1ccccc1C(F)(F)F. The lowest BCUT2D eigenvalue weighted by Gasteiger charge is -2.38. The van der Waals surface area contributed by atoms with Crippen molar-refractivity contribution in [2.24, 2.45) is 0 Å². The van der Waals surface area contributed by atoms with Crippen LogP contribution in [0.3, 0.4) is 0 Å². The number of halogens is 3.